The molecular formula is C12H7NO3. The van der Waals surface area contributed by atoms with E-state index < -0.39 is 5.97 Å². The molecular weight excluding hydrogens is 206 g/mol. The second kappa shape index (κ2) is 3.91. The Kier molecular flexibility index (Phi) is 2.44. The molecule has 78 valence electrons. The van der Waals surface area contributed by atoms with Crippen molar-refractivity contribution in [3.63, 3.8) is 0 Å². The SMILES string of the molecule is O=CC#Cc1ccc2cc(C(=O)O)[nH]c2c1. The molecule has 4 heteroatoms. The summed E-state index contributed by atoms with van der Waals surface area (Å²) in [4.78, 5) is 23.6. The summed E-state index contributed by atoms with van der Waals surface area (Å²) in [5, 5.41) is 9.59. The van der Waals surface area contributed by atoms with Crippen molar-refractivity contribution < 1.29 is 14.7 Å². The molecule has 0 aliphatic carbocycles. The van der Waals surface area contributed by atoms with Crippen molar-refractivity contribution in [3.05, 3.63) is 35.5 Å². The lowest BCUT2D eigenvalue weighted by Gasteiger charge is -1.90. The Morgan fingerprint density at radius 3 is 2.88 bits per heavy atom. The van der Waals surface area contributed by atoms with Crippen LogP contribution in [0.15, 0.2) is 24.3 Å². The Labute approximate surface area is 90.9 Å². The van der Waals surface area contributed by atoms with Crippen molar-refractivity contribution in [1.29, 1.82) is 0 Å². The van der Waals surface area contributed by atoms with Crippen LogP contribution >= 0.6 is 0 Å². The van der Waals surface area contributed by atoms with Crippen molar-refractivity contribution in [1.82, 2.24) is 4.98 Å². The molecule has 0 unspecified atom stereocenters. The summed E-state index contributed by atoms with van der Waals surface area (Å²) in [7, 11) is 0. The zero-order valence-electron chi connectivity index (χ0n) is 8.15. The normalized spacial score (nSPS) is 9.50. The van der Waals surface area contributed by atoms with E-state index in [4.69, 9.17) is 5.11 Å². The van der Waals surface area contributed by atoms with Gasteiger partial charge in [0, 0.05) is 16.5 Å². The number of aromatic carboxylic acids is 1. The number of rotatable bonds is 1. The van der Waals surface area contributed by atoms with Gasteiger partial charge < -0.3 is 10.1 Å². The lowest BCUT2D eigenvalue weighted by Crippen LogP contribution is -1.94. The Morgan fingerprint density at radius 1 is 1.38 bits per heavy atom. The van der Waals surface area contributed by atoms with Crippen LogP contribution in [-0.2, 0) is 4.79 Å². The monoisotopic (exact) mass is 213 g/mol. The number of hydrogen-bond donors (Lipinski definition) is 2. The van der Waals surface area contributed by atoms with Crippen LogP contribution in [0.3, 0.4) is 0 Å². The Balaban J connectivity index is 2.53. The number of aldehydes is 1. The van der Waals surface area contributed by atoms with E-state index in [9.17, 15) is 9.59 Å². The van der Waals surface area contributed by atoms with Crippen LogP contribution < -0.4 is 0 Å². The summed E-state index contributed by atoms with van der Waals surface area (Å²) in [5.74, 6) is 3.93. The zero-order valence-corrected chi connectivity index (χ0v) is 8.15. The minimum atomic E-state index is -1.00. The third-order valence-electron chi connectivity index (χ3n) is 2.13. The highest BCUT2D eigenvalue weighted by molar-refractivity contribution is 5.94. The lowest BCUT2D eigenvalue weighted by atomic mass is 10.2. The van der Waals surface area contributed by atoms with E-state index in [0.717, 1.165) is 5.39 Å². The van der Waals surface area contributed by atoms with Gasteiger partial charge in [-0.05, 0) is 24.1 Å². The molecule has 2 aromatic rings. The van der Waals surface area contributed by atoms with Gasteiger partial charge in [0.05, 0.1) is 0 Å². The molecule has 0 bridgehead atoms. The Morgan fingerprint density at radius 2 is 2.19 bits per heavy atom. The maximum Gasteiger partial charge on any atom is 0.352 e. The minimum absolute atomic E-state index is 0.135. The molecule has 1 aromatic carbocycles. The molecule has 16 heavy (non-hydrogen) atoms. The van der Waals surface area contributed by atoms with E-state index in [1.54, 1.807) is 24.3 Å². The van der Waals surface area contributed by atoms with Crippen LogP contribution in [0.1, 0.15) is 16.1 Å². The lowest BCUT2D eigenvalue weighted by molar-refractivity contribution is -0.103. The predicted octanol–water partition coefficient (Wildman–Crippen LogP) is 1.42. The third kappa shape index (κ3) is 1.79. The molecule has 0 saturated heterocycles. The molecule has 0 amide bonds. The third-order valence-corrected chi connectivity index (χ3v) is 2.13. The van der Waals surface area contributed by atoms with E-state index >= 15 is 0 Å². The number of fused-ring (bicyclic) bond motifs is 1. The fourth-order valence-electron chi connectivity index (χ4n) is 1.43. The van der Waals surface area contributed by atoms with Gasteiger partial charge in [-0.3, -0.25) is 4.79 Å². The summed E-state index contributed by atoms with van der Waals surface area (Å²) in [6, 6.07) is 6.75. The Hall–Kier alpha value is -2.54. The number of carboxylic acid groups (broad SMARTS) is 1. The van der Waals surface area contributed by atoms with Gasteiger partial charge in [-0.2, -0.15) is 0 Å². The van der Waals surface area contributed by atoms with Crippen molar-refractivity contribution in [2.24, 2.45) is 0 Å². The van der Waals surface area contributed by atoms with Gasteiger partial charge >= 0.3 is 5.97 Å². The van der Waals surface area contributed by atoms with Crippen molar-refractivity contribution in [3.8, 4) is 11.8 Å². The van der Waals surface area contributed by atoms with Gasteiger partial charge in [0.25, 0.3) is 0 Å². The number of hydrogen-bond acceptors (Lipinski definition) is 2. The second-order valence-corrected chi connectivity index (χ2v) is 3.18. The van der Waals surface area contributed by atoms with Crippen LogP contribution in [0.5, 0.6) is 0 Å². The van der Waals surface area contributed by atoms with Crippen LogP contribution in [-0.4, -0.2) is 22.3 Å². The van der Waals surface area contributed by atoms with Gasteiger partial charge in [-0.25, -0.2) is 4.79 Å². The van der Waals surface area contributed by atoms with Gasteiger partial charge in [0.2, 0.25) is 0 Å². The quantitative estimate of drug-likeness (QED) is 0.556. The average Bonchev–Trinajstić information content (AvgIpc) is 2.69. The molecule has 0 fully saturated rings. The highest BCUT2D eigenvalue weighted by Crippen LogP contribution is 2.16. The number of carbonyl (C=O) groups is 2. The number of benzene rings is 1. The largest absolute Gasteiger partial charge is 0.477 e. The van der Waals surface area contributed by atoms with E-state index in [1.165, 1.54) is 0 Å². The van der Waals surface area contributed by atoms with Gasteiger partial charge in [-0.15, -0.1) is 0 Å². The number of H-pyrrole nitrogens is 1. The number of nitrogens with one attached hydrogen (secondary N) is 1. The first-order valence-corrected chi connectivity index (χ1v) is 4.52. The summed E-state index contributed by atoms with van der Waals surface area (Å²) in [5.41, 5.74) is 1.49. The number of aromatic nitrogens is 1. The maximum atomic E-state index is 10.7. The first-order valence-electron chi connectivity index (χ1n) is 4.52. The molecule has 0 atom stereocenters. The minimum Gasteiger partial charge on any atom is -0.477 e. The second-order valence-electron chi connectivity index (χ2n) is 3.18. The topological polar surface area (TPSA) is 70.2 Å². The molecule has 0 saturated carbocycles. The molecule has 0 spiro atoms. The van der Waals surface area contributed by atoms with Gasteiger partial charge in [0.1, 0.15) is 5.69 Å². The number of carbonyl (C=O) groups excluding carboxylic acids is 1. The van der Waals surface area contributed by atoms with Gasteiger partial charge in [0.15, 0.2) is 6.29 Å². The fraction of sp³-hybridized carbons (Fsp3) is 0. The van der Waals surface area contributed by atoms with Crippen LogP contribution in [0, 0.1) is 11.8 Å². The van der Waals surface area contributed by atoms with Gasteiger partial charge in [-0.1, -0.05) is 12.0 Å². The average molecular weight is 213 g/mol. The maximum absolute atomic E-state index is 10.7. The summed E-state index contributed by atoms with van der Waals surface area (Å²) >= 11 is 0. The molecule has 1 heterocycles. The zero-order chi connectivity index (χ0) is 11.5. The Bertz CT molecular complexity index is 628. The summed E-state index contributed by atoms with van der Waals surface area (Å²) in [6.07, 6.45) is 0.515. The standard InChI is InChI=1S/C12H7NO3/c14-5-1-2-8-3-4-9-7-11(12(15)16)13-10(9)6-8/h3-7,13H,(H,15,16). The summed E-state index contributed by atoms with van der Waals surface area (Å²) < 4.78 is 0. The van der Waals surface area contributed by atoms with Crippen LogP contribution in [0.25, 0.3) is 10.9 Å². The van der Waals surface area contributed by atoms with Crippen molar-refractivity contribution in [2.75, 3.05) is 0 Å². The molecule has 0 radical (unpaired) electrons. The first kappa shape index (κ1) is 9.99. The molecule has 1 aromatic heterocycles. The number of aromatic amines is 1. The van der Waals surface area contributed by atoms with E-state index in [-0.39, 0.29) is 5.69 Å². The summed E-state index contributed by atoms with van der Waals surface area (Å²) in [6.45, 7) is 0. The molecule has 0 aliphatic heterocycles. The molecule has 2 rings (SSSR count). The molecule has 4 nitrogen and oxygen atoms in total. The van der Waals surface area contributed by atoms with Crippen molar-refractivity contribution >= 4 is 23.2 Å². The fourth-order valence-corrected chi connectivity index (χ4v) is 1.43. The van der Waals surface area contributed by atoms with E-state index in [2.05, 4.69) is 16.8 Å². The molecule has 2 N–H and O–H groups in total. The highest BCUT2D eigenvalue weighted by atomic mass is 16.4. The predicted molar refractivity (Wildman–Crippen MR) is 58.2 cm³/mol. The number of carboxylic acids is 1. The van der Waals surface area contributed by atoms with Crippen LogP contribution in [0.2, 0.25) is 0 Å². The molecule has 0 aliphatic rings. The highest BCUT2D eigenvalue weighted by Gasteiger charge is 2.06. The van der Waals surface area contributed by atoms with E-state index in [1.807, 2.05) is 0 Å². The van der Waals surface area contributed by atoms with E-state index in [0.29, 0.717) is 17.4 Å². The first-order chi connectivity index (χ1) is 7.70. The smallest absolute Gasteiger partial charge is 0.352 e. The van der Waals surface area contributed by atoms with Crippen molar-refractivity contribution in [2.45, 2.75) is 0 Å². The van der Waals surface area contributed by atoms with Crippen LogP contribution in [0.4, 0.5) is 0 Å².